The minimum Gasteiger partial charge on any atom is -0.385 e. The number of anilines is 1. The van der Waals surface area contributed by atoms with Crippen LogP contribution in [0.4, 0.5) is 5.69 Å². The number of likely N-dealkylation sites (tertiary alicyclic amines) is 1. The van der Waals surface area contributed by atoms with Gasteiger partial charge in [-0.15, -0.1) is 0 Å². The Hall–Kier alpha value is -2.95. The number of nitrogens with one attached hydrogen (secondary N) is 1. The molecule has 182 valence electrons. The molecule has 0 bridgehead atoms. The number of hydrogen-bond acceptors (Lipinski definition) is 3. The van der Waals surface area contributed by atoms with Crippen molar-refractivity contribution in [3.63, 3.8) is 0 Å². The van der Waals surface area contributed by atoms with Gasteiger partial charge in [-0.1, -0.05) is 72.8 Å². The zero-order valence-corrected chi connectivity index (χ0v) is 20.7. The van der Waals surface area contributed by atoms with Gasteiger partial charge in [-0.25, -0.2) is 0 Å². The zero-order valence-electron chi connectivity index (χ0n) is 20.7. The molecule has 4 heteroatoms. The number of fused-ring (bicyclic) bond motifs is 1. The molecule has 1 atom stereocenters. The summed E-state index contributed by atoms with van der Waals surface area (Å²) < 4.78 is 5.32. The predicted molar refractivity (Wildman–Crippen MR) is 142 cm³/mol. The largest absolute Gasteiger partial charge is 0.385 e. The van der Waals surface area contributed by atoms with Crippen molar-refractivity contribution in [3.8, 4) is 0 Å². The number of carbonyl (C=O) groups is 1. The quantitative estimate of drug-likeness (QED) is 0.405. The molecule has 1 saturated heterocycles. The number of rotatable bonds is 9. The van der Waals surface area contributed by atoms with Crippen molar-refractivity contribution in [2.24, 2.45) is 0 Å². The van der Waals surface area contributed by atoms with E-state index < -0.39 is 5.41 Å². The smallest absolute Gasteiger partial charge is 0.239 e. The van der Waals surface area contributed by atoms with E-state index in [1.165, 1.54) is 29.5 Å². The van der Waals surface area contributed by atoms with Gasteiger partial charge in [-0.05, 0) is 86.0 Å². The van der Waals surface area contributed by atoms with E-state index in [1.807, 2.05) is 6.07 Å². The number of piperidine rings is 1. The average Bonchev–Trinajstić information content (AvgIpc) is 3.21. The molecule has 0 spiro atoms. The lowest BCUT2D eigenvalue weighted by Crippen LogP contribution is -2.42. The molecule has 35 heavy (non-hydrogen) atoms. The summed E-state index contributed by atoms with van der Waals surface area (Å²) in [7, 11) is 1.75. The molecular weight excluding hydrogens is 432 g/mol. The second-order valence-corrected chi connectivity index (χ2v) is 9.94. The number of nitrogens with zero attached hydrogens (tertiary/aromatic N) is 1. The highest BCUT2D eigenvalue weighted by molar-refractivity contribution is 6.09. The average molecular weight is 469 g/mol. The van der Waals surface area contributed by atoms with Crippen molar-refractivity contribution in [1.82, 2.24) is 4.90 Å². The Kier molecular flexibility index (Phi) is 7.31. The number of methoxy groups -OCH3 is 1. The van der Waals surface area contributed by atoms with Crippen molar-refractivity contribution in [2.75, 3.05) is 38.7 Å². The summed E-state index contributed by atoms with van der Waals surface area (Å²) in [4.78, 5) is 16.3. The lowest BCUT2D eigenvalue weighted by molar-refractivity contribution is -0.119. The Morgan fingerprint density at radius 3 is 2.37 bits per heavy atom. The Morgan fingerprint density at radius 1 is 0.943 bits per heavy atom. The fraction of sp³-hybridized carbons (Fsp3) is 0.387. The van der Waals surface area contributed by atoms with Gasteiger partial charge in [0.1, 0.15) is 5.41 Å². The summed E-state index contributed by atoms with van der Waals surface area (Å²) in [6.45, 7) is 3.79. The molecule has 2 heterocycles. The molecule has 1 unspecified atom stereocenters. The summed E-state index contributed by atoms with van der Waals surface area (Å²) >= 11 is 0. The van der Waals surface area contributed by atoms with Crippen LogP contribution in [0.5, 0.6) is 0 Å². The molecule has 0 aromatic heterocycles. The van der Waals surface area contributed by atoms with Gasteiger partial charge in [0.15, 0.2) is 0 Å². The first-order chi connectivity index (χ1) is 17.2. The summed E-state index contributed by atoms with van der Waals surface area (Å²) in [5.74, 6) is 0.746. The summed E-state index contributed by atoms with van der Waals surface area (Å²) in [6, 6.07) is 27.6. The van der Waals surface area contributed by atoms with Crippen LogP contribution in [0.3, 0.4) is 0 Å². The van der Waals surface area contributed by atoms with Gasteiger partial charge in [0.2, 0.25) is 5.91 Å². The van der Waals surface area contributed by atoms with Crippen molar-refractivity contribution in [2.45, 2.75) is 43.4 Å². The van der Waals surface area contributed by atoms with Gasteiger partial charge in [-0.3, -0.25) is 4.79 Å². The van der Waals surface area contributed by atoms with E-state index in [0.29, 0.717) is 5.92 Å². The second-order valence-electron chi connectivity index (χ2n) is 9.94. The van der Waals surface area contributed by atoms with E-state index in [4.69, 9.17) is 4.74 Å². The van der Waals surface area contributed by atoms with Crippen LogP contribution in [0.15, 0.2) is 78.9 Å². The van der Waals surface area contributed by atoms with Crippen LogP contribution >= 0.6 is 0 Å². The first kappa shape index (κ1) is 23.8. The van der Waals surface area contributed by atoms with Crippen LogP contribution in [0.25, 0.3) is 0 Å². The van der Waals surface area contributed by atoms with Crippen LogP contribution in [0.1, 0.15) is 53.9 Å². The number of benzene rings is 3. The van der Waals surface area contributed by atoms with Crippen LogP contribution in [-0.2, 0) is 21.4 Å². The monoisotopic (exact) mass is 468 g/mol. The third-order valence-electron chi connectivity index (χ3n) is 7.94. The molecule has 1 N–H and O–H groups in total. The Bertz CT molecular complexity index is 1120. The van der Waals surface area contributed by atoms with Crippen molar-refractivity contribution >= 4 is 11.6 Å². The van der Waals surface area contributed by atoms with Crippen molar-refractivity contribution < 1.29 is 9.53 Å². The van der Waals surface area contributed by atoms with Crippen molar-refractivity contribution in [1.29, 1.82) is 0 Å². The summed E-state index contributed by atoms with van der Waals surface area (Å²) in [6.07, 6.45) is 4.98. The van der Waals surface area contributed by atoms with E-state index in [9.17, 15) is 4.79 Å². The van der Waals surface area contributed by atoms with Crippen LogP contribution < -0.4 is 5.32 Å². The SMILES string of the molecule is COCCCc1cccc2c1C(CCN1CCC(c3ccccc3)CC1)(c1ccccc1)C(=O)N2. The molecule has 2 aliphatic rings. The maximum atomic E-state index is 13.8. The molecule has 1 amide bonds. The molecule has 5 rings (SSSR count). The first-order valence-electron chi connectivity index (χ1n) is 13.0. The highest BCUT2D eigenvalue weighted by Crippen LogP contribution is 2.47. The number of aryl methyl sites for hydroxylation is 1. The maximum absolute atomic E-state index is 13.8. The minimum atomic E-state index is -0.656. The Morgan fingerprint density at radius 2 is 1.66 bits per heavy atom. The number of carbonyl (C=O) groups excluding carboxylic acids is 1. The van der Waals surface area contributed by atoms with E-state index in [2.05, 4.69) is 83.0 Å². The highest BCUT2D eigenvalue weighted by Gasteiger charge is 2.49. The van der Waals surface area contributed by atoms with Crippen LogP contribution in [0, 0.1) is 0 Å². The molecule has 3 aromatic carbocycles. The van der Waals surface area contributed by atoms with Crippen LogP contribution in [-0.4, -0.2) is 44.2 Å². The van der Waals surface area contributed by atoms with Gasteiger partial charge < -0.3 is 15.0 Å². The molecule has 1 fully saturated rings. The highest BCUT2D eigenvalue weighted by atomic mass is 16.5. The van der Waals surface area contributed by atoms with E-state index in [-0.39, 0.29) is 5.91 Å². The number of amides is 1. The van der Waals surface area contributed by atoms with E-state index in [1.54, 1.807) is 7.11 Å². The molecule has 2 aliphatic heterocycles. The predicted octanol–water partition coefficient (Wildman–Crippen LogP) is 5.77. The molecule has 0 aliphatic carbocycles. The fourth-order valence-corrected chi connectivity index (χ4v) is 6.09. The summed E-state index contributed by atoms with van der Waals surface area (Å²) in [5.41, 5.74) is 5.29. The number of ether oxygens (including phenoxy) is 1. The molecular formula is C31H36N2O2. The standard InChI is InChI=1S/C31H36N2O2/c1-35-23-9-13-26-12-8-16-28-29(26)31(30(34)32-28,27-14-6-3-7-15-27)19-22-33-20-17-25(18-21-33)24-10-4-2-5-11-24/h2-8,10-12,14-16,25H,9,13,17-23H2,1H3,(H,32,34). The first-order valence-corrected chi connectivity index (χ1v) is 13.0. The molecule has 3 aromatic rings. The zero-order chi connectivity index (χ0) is 24.1. The molecule has 0 radical (unpaired) electrons. The fourth-order valence-electron chi connectivity index (χ4n) is 6.09. The summed E-state index contributed by atoms with van der Waals surface area (Å²) in [5, 5.41) is 3.25. The minimum absolute atomic E-state index is 0.108. The van der Waals surface area contributed by atoms with E-state index in [0.717, 1.165) is 56.8 Å². The lowest BCUT2D eigenvalue weighted by Gasteiger charge is -2.36. The van der Waals surface area contributed by atoms with E-state index >= 15 is 0 Å². The number of hydrogen-bond donors (Lipinski definition) is 1. The third-order valence-corrected chi connectivity index (χ3v) is 7.94. The van der Waals surface area contributed by atoms with Gasteiger partial charge in [0.25, 0.3) is 0 Å². The Labute approximate surface area is 209 Å². The molecule has 0 saturated carbocycles. The third kappa shape index (κ3) is 4.78. The van der Waals surface area contributed by atoms with Crippen LogP contribution in [0.2, 0.25) is 0 Å². The normalized spacial score (nSPS) is 20.5. The van der Waals surface area contributed by atoms with Gasteiger partial charge in [-0.2, -0.15) is 0 Å². The Balaban J connectivity index is 1.40. The van der Waals surface area contributed by atoms with Crippen molar-refractivity contribution in [3.05, 3.63) is 101 Å². The maximum Gasteiger partial charge on any atom is 0.239 e. The van der Waals surface area contributed by atoms with Gasteiger partial charge >= 0.3 is 0 Å². The lowest BCUT2D eigenvalue weighted by atomic mass is 9.70. The topological polar surface area (TPSA) is 41.6 Å². The van der Waals surface area contributed by atoms with Gasteiger partial charge in [0.05, 0.1) is 0 Å². The second kappa shape index (κ2) is 10.8. The van der Waals surface area contributed by atoms with Gasteiger partial charge in [0, 0.05) is 19.4 Å². The molecule has 4 nitrogen and oxygen atoms in total.